The lowest BCUT2D eigenvalue weighted by Crippen LogP contribution is -2.39. The maximum Gasteiger partial charge on any atom is 0.244 e. The Morgan fingerprint density at radius 3 is 2.33 bits per heavy atom. The van der Waals surface area contributed by atoms with Crippen LogP contribution >= 0.6 is 11.6 Å². The molecule has 0 aliphatic carbocycles. The van der Waals surface area contributed by atoms with Crippen LogP contribution in [0.15, 0.2) is 17.2 Å². The third kappa shape index (κ3) is 4.47. The molecule has 0 fully saturated rings. The zero-order valence-electron chi connectivity index (χ0n) is 13.6. The van der Waals surface area contributed by atoms with E-state index in [1.807, 2.05) is 32.3 Å². The highest BCUT2D eigenvalue weighted by molar-refractivity contribution is 7.89. The van der Waals surface area contributed by atoms with E-state index in [-0.39, 0.29) is 12.0 Å². The third-order valence-corrected chi connectivity index (χ3v) is 5.57. The van der Waals surface area contributed by atoms with Gasteiger partial charge >= 0.3 is 0 Å². The average molecular weight is 335 g/mol. The lowest BCUT2D eigenvalue weighted by Gasteiger charge is -2.27. The quantitative estimate of drug-likeness (QED) is 0.680. The van der Waals surface area contributed by atoms with E-state index in [0.717, 1.165) is 18.7 Å². The predicted molar refractivity (Wildman–Crippen MR) is 88.1 cm³/mol. The summed E-state index contributed by atoms with van der Waals surface area (Å²) in [4.78, 5) is 0.348. The molecule has 0 bridgehead atoms. The number of aryl methyl sites for hydroxylation is 1. The van der Waals surface area contributed by atoms with Gasteiger partial charge < -0.3 is 4.57 Å². The van der Waals surface area contributed by atoms with Crippen LogP contribution in [0.3, 0.4) is 0 Å². The van der Waals surface area contributed by atoms with Crippen molar-refractivity contribution in [2.45, 2.75) is 64.4 Å². The van der Waals surface area contributed by atoms with Crippen molar-refractivity contribution < 1.29 is 8.42 Å². The topological polar surface area (TPSA) is 42.3 Å². The summed E-state index contributed by atoms with van der Waals surface area (Å²) in [5.74, 6) is 0.605. The molecular weight excluding hydrogens is 308 g/mol. The van der Waals surface area contributed by atoms with Gasteiger partial charge in [-0.1, -0.05) is 20.8 Å². The first-order chi connectivity index (χ1) is 9.73. The average Bonchev–Trinajstić information content (AvgIpc) is 2.79. The first kappa shape index (κ1) is 18.5. The van der Waals surface area contributed by atoms with Gasteiger partial charge in [-0.15, -0.1) is 11.6 Å². The minimum atomic E-state index is -3.47. The Morgan fingerprint density at radius 2 is 1.90 bits per heavy atom. The Labute approximate surface area is 134 Å². The monoisotopic (exact) mass is 334 g/mol. The molecule has 0 aliphatic heterocycles. The third-order valence-electron chi connectivity index (χ3n) is 3.29. The van der Waals surface area contributed by atoms with Gasteiger partial charge in [0.1, 0.15) is 4.90 Å². The molecule has 0 atom stereocenters. The molecule has 1 aromatic heterocycles. The summed E-state index contributed by atoms with van der Waals surface area (Å²) in [6.07, 6.45) is 2.66. The normalized spacial score (nSPS) is 12.8. The van der Waals surface area contributed by atoms with Gasteiger partial charge in [0.05, 0.1) is 5.88 Å². The summed E-state index contributed by atoms with van der Waals surface area (Å²) in [6, 6.07) is 1.64. The van der Waals surface area contributed by atoms with Crippen LogP contribution in [0.5, 0.6) is 0 Å². The molecule has 1 rings (SSSR count). The Morgan fingerprint density at radius 1 is 1.29 bits per heavy atom. The lowest BCUT2D eigenvalue weighted by molar-refractivity contribution is 0.319. The van der Waals surface area contributed by atoms with Crippen molar-refractivity contribution in [3.8, 4) is 0 Å². The number of nitrogens with zero attached hydrogens (tertiary/aromatic N) is 2. The van der Waals surface area contributed by atoms with Crippen LogP contribution in [0.2, 0.25) is 0 Å². The smallest absolute Gasteiger partial charge is 0.244 e. The summed E-state index contributed by atoms with van der Waals surface area (Å²) >= 11 is 5.93. The largest absolute Gasteiger partial charge is 0.349 e. The first-order valence-corrected chi connectivity index (χ1v) is 9.48. The molecule has 0 saturated heterocycles. The number of rotatable bonds is 8. The van der Waals surface area contributed by atoms with E-state index in [0.29, 0.717) is 17.3 Å². The van der Waals surface area contributed by atoms with E-state index in [1.165, 1.54) is 0 Å². The van der Waals surface area contributed by atoms with Gasteiger partial charge in [0, 0.05) is 31.0 Å². The van der Waals surface area contributed by atoms with Crippen LogP contribution in [-0.4, -0.2) is 29.9 Å². The van der Waals surface area contributed by atoms with Crippen molar-refractivity contribution in [2.75, 3.05) is 6.54 Å². The Bertz CT molecular complexity index is 550. The fraction of sp³-hybridized carbons (Fsp3) is 0.733. The van der Waals surface area contributed by atoms with Crippen LogP contribution in [-0.2, 0) is 22.4 Å². The van der Waals surface area contributed by atoms with Crippen LogP contribution in [0, 0.1) is 5.92 Å². The van der Waals surface area contributed by atoms with E-state index in [4.69, 9.17) is 11.6 Å². The summed E-state index contributed by atoms with van der Waals surface area (Å²) in [5, 5.41) is 0. The lowest BCUT2D eigenvalue weighted by atomic mass is 10.2. The van der Waals surface area contributed by atoms with Crippen molar-refractivity contribution in [3.05, 3.63) is 18.0 Å². The van der Waals surface area contributed by atoms with Gasteiger partial charge in [0.2, 0.25) is 10.0 Å². The molecule has 21 heavy (non-hydrogen) atoms. The number of halogens is 1. The minimum absolute atomic E-state index is 0.0635. The molecule has 0 aromatic carbocycles. The second-order valence-corrected chi connectivity index (χ2v) is 8.21. The van der Waals surface area contributed by atoms with Crippen molar-refractivity contribution in [3.63, 3.8) is 0 Å². The van der Waals surface area contributed by atoms with Crippen LogP contribution in [0.25, 0.3) is 0 Å². The van der Waals surface area contributed by atoms with Gasteiger partial charge in [0.15, 0.2) is 0 Å². The van der Waals surface area contributed by atoms with Crippen LogP contribution < -0.4 is 0 Å². The first-order valence-electron chi connectivity index (χ1n) is 7.50. The molecular formula is C15H27ClN2O2S. The molecule has 6 heteroatoms. The van der Waals surface area contributed by atoms with Gasteiger partial charge in [0.25, 0.3) is 0 Å². The highest BCUT2D eigenvalue weighted by atomic mass is 35.5. The van der Waals surface area contributed by atoms with Crippen LogP contribution in [0.1, 0.15) is 46.7 Å². The Balaban J connectivity index is 3.21. The second kappa shape index (κ2) is 7.65. The van der Waals surface area contributed by atoms with Gasteiger partial charge in [-0.3, -0.25) is 0 Å². The van der Waals surface area contributed by atoms with Crippen molar-refractivity contribution in [1.29, 1.82) is 0 Å². The molecule has 1 aromatic rings. The molecule has 0 amide bonds. The Kier molecular flexibility index (Phi) is 6.75. The highest BCUT2D eigenvalue weighted by Crippen LogP contribution is 2.23. The SMILES string of the molecule is CCCn1cc(S(=O)(=O)N(CC(C)C)C(C)C)cc1CCl. The minimum Gasteiger partial charge on any atom is -0.349 e. The zero-order chi connectivity index (χ0) is 16.2. The zero-order valence-corrected chi connectivity index (χ0v) is 15.2. The number of alkyl halides is 1. The van der Waals surface area contributed by atoms with E-state index >= 15 is 0 Å². The summed E-state index contributed by atoms with van der Waals surface area (Å²) in [5.41, 5.74) is 0.852. The van der Waals surface area contributed by atoms with Gasteiger partial charge in [-0.2, -0.15) is 4.31 Å². The van der Waals surface area contributed by atoms with E-state index in [9.17, 15) is 8.42 Å². The Hall–Kier alpha value is -0.520. The maximum absolute atomic E-state index is 12.9. The standard InChI is InChI=1S/C15H27ClN2O2S/c1-6-7-17-11-15(8-14(17)9-16)21(19,20)18(13(4)5)10-12(2)3/h8,11-13H,6-7,9-10H2,1-5H3. The molecule has 0 N–H and O–H groups in total. The molecule has 122 valence electrons. The highest BCUT2D eigenvalue weighted by Gasteiger charge is 2.29. The fourth-order valence-electron chi connectivity index (χ4n) is 2.31. The molecule has 0 unspecified atom stereocenters. The predicted octanol–water partition coefficient (Wildman–Crippen LogP) is 3.69. The number of aromatic nitrogens is 1. The van der Waals surface area contributed by atoms with E-state index in [1.54, 1.807) is 16.6 Å². The fourth-order valence-corrected chi connectivity index (χ4v) is 4.40. The molecule has 0 saturated carbocycles. The van der Waals surface area contributed by atoms with Crippen molar-refractivity contribution >= 4 is 21.6 Å². The molecule has 0 aliphatic rings. The van der Waals surface area contributed by atoms with Crippen molar-refractivity contribution in [2.24, 2.45) is 5.92 Å². The summed E-state index contributed by atoms with van der Waals surface area (Å²) < 4.78 is 29.2. The maximum atomic E-state index is 12.9. The van der Waals surface area contributed by atoms with Crippen LogP contribution in [0.4, 0.5) is 0 Å². The molecule has 4 nitrogen and oxygen atoms in total. The van der Waals surface area contributed by atoms with E-state index < -0.39 is 10.0 Å². The summed E-state index contributed by atoms with van der Waals surface area (Å²) in [7, 11) is -3.47. The van der Waals surface area contributed by atoms with E-state index in [2.05, 4.69) is 6.92 Å². The number of hydrogen-bond acceptors (Lipinski definition) is 2. The molecule has 0 radical (unpaired) electrons. The number of hydrogen-bond donors (Lipinski definition) is 0. The summed E-state index contributed by atoms with van der Waals surface area (Å²) in [6.45, 7) is 11.2. The van der Waals surface area contributed by atoms with Gasteiger partial charge in [-0.05, 0) is 32.3 Å². The second-order valence-electron chi connectivity index (χ2n) is 6.06. The number of sulfonamides is 1. The molecule has 1 heterocycles. The van der Waals surface area contributed by atoms with Crippen molar-refractivity contribution in [1.82, 2.24) is 8.87 Å². The van der Waals surface area contributed by atoms with Gasteiger partial charge in [-0.25, -0.2) is 8.42 Å². The molecule has 0 spiro atoms.